The highest BCUT2D eigenvalue weighted by molar-refractivity contribution is 14.0. The van der Waals surface area contributed by atoms with Crippen molar-refractivity contribution in [1.29, 1.82) is 0 Å². The van der Waals surface area contributed by atoms with Gasteiger partial charge in [0.15, 0.2) is 0 Å². The minimum atomic E-state index is 0. The summed E-state index contributed by atoms with van der Waals surface area (Å²) in [6.07, 6.45) is 2.74. The van der Waals surface area contributed by atoms with Gasteiger partial charge in [0.2, 0.25) is 5.04 Å². The molecule has 0 saturated heterocycles. The second-order valence-electron chi connectivity index (χ2n) is 1.45. The Labute approximate surface area is 77.3 Å². The fourth-order valence-electron chi connectivity index (χ4n) is 0.496. The Morgan fingerprint density at radius 2 is 2.11 bits per heavy atom. The summed E-state index contributed by atoms with van der Waals surface area (Å²) < 4.78 is 0.907. The van der Waals surface area contributed by atoms with Gasteiger partial charge >= 0.3 is 0 Å². The minimum Gasteiger partial charge on any atom is -0.623 e. The van der Waals surface area contributed by atoms with E-state index in [-0.39, 0.29) is 24.0 Å². The molecule has 2 nitrogen and oxygen atoms in total. The third kappa shape index (κ3) is 5.02. The Morgan fingerprint density at radius 1 is 1.67 bits per heavy atom. The SMILES string of the molecule is CC/C(SC)=[N+](\C)[O-].I. The predicted octanol–water partition coefficient (Wildman–Crippen LogP) is 1.92. The molecule has 0 N–H and O–H groups in total. The number of nitrogens with zero attached hydrogens (tertiary/aromatic N) is 1. The molecule has 4 heteroatoms. The van der Waals surface area contributed by atoms with Crippen LogP contribution in [-0.2, 0) is 0 Å². The van der Waals surface area contributed by atoms with E-state index in [9.17, 15) is 5.21 Å². The van der Waals surface area contributed by atoms with Crippen molar-refractivity contribution in [2.24, 2.45) is 0 Å². The molecule has 0 aromatic carbocycles. The van der Waals surface area contributed by atoms with Crippen LogP contribution in [0.3, 0.4) is 0 Å². The summed E-state index contributed by atoms with van der Waals surface area (Å²) in [6, 6.07) is 0. The van der Waals surface area contributed by atoms with Crippen molar-refractivity contribution in [2.45, 2.75) is 13.3 Å². The summed E-state index contributed by atoms with van der Waals surface area (Å²) in [5.41, 5.74) is 0. The van der Waals surface area contributed by atoms with Gasteiger partial charge in [0.25, 0.3) is 0 Å². The molecule has 0 spiro atoms. The van der Waals surface area contributed by atoms with Gasteiger partial charge in [-0.15, -0.1) is 24.0 Å². The van der Waals surface area contributed by atoms with Crippen molar-refractivity contribution in [2.75, 3.05) is 13.3 Å². The van der Waals surface area contributed by atoms with Crippen molar-refractivity contribution in [3.8, 4) is 0 Å². The van der Waals surface area contributed by atoms with Crippen LogP contribution in [0.2, 0.25) is 0 Å². The van der Waals surface area contributed by atoms with Gasteiger partial charge in [0, 0.05) is 6.42 Å². The first kappa shape index (κ1) is 12.2. The van der Waals surface area contributed by atoms with Crippen molar-refractivity contribution < 1.29 is 4.74 Å². The van der Waals surface area contributed by atoms with Crippen molar-refractivity contribution in [3.05, 3.63) is 5.21 Å². The smallest absolute Gasteiger partial charge is 0.220 e. The average Bonchev–Trinajstić information content (AvgIpc) is 1.69. The Morgan fingerprint density at radius 3 is 2.11 bits per heavy atom. The normalized spacial score (nSPS) is 11.9. The largest absolute Gasteiger partial charge is 0.623 e. The zero-order chi connectivity index (χ0) is 6.57. The number of hydroxylamine groups is 1. The second-order valence-corrected chi connectivity index (χ2v) is 2.33. The Bertz CT molecular complexity index is 95.1. The third-order valence-corrected chi connectivity index (χ3v) is 1.91. The van der Waals surface area contributed by atoms with Gasteiger partial charge in [-0.05, 0) is 6.26 Å². The van der Waals surface area contributed by atoms with Gasteiger partial charge in [-0.1, -0.05) is 18.7 Å². The van der Waals surface area contributed by atoms with E-state index >= 15 is 0 Å². The molecule has 0 aliphatic rings. The van der Waals surface area contributed by atoms with E-state index < -0.39 is 0 Å². The molecule has 56 valence electrons. The molecular weight excluding hydrogens is 249 g/mol. The highest BCUT2D eigenvalue weighted by Gasteiger charge is 1.97. The van der Waals surface area contributed by atoms with Gasteiger partial charge in [-0.3, -0.25) is 0 Å². The Hall–Kier alpha value is 0.550. The van der Waals surface area contributed by atoms with Gasteiger partial charge < -0.3 is 5.21 Å². The molecule has 0 saturated carbocycles. The lowest BCUT2D eigenvalue weighted by Crippen LogP contribution is -2.05. The van der Waals surface area contributed by atoms with E-state index in [1.54, 1.807) is 0 Å². The number of thioether (sulfide) groups is 1. The maximum atomic E-state index is 10.5. The second kappa shape index (κ2) is 6.67. The molecule has 0 radical (unpaired) electrons. The summed E-state index contributed by atoms with van der Waals surface area (Å²) in [6.45, 7) is 1.97. The monoisotopic (exact) mass is 261 g/mol. The predicted molar refractivity (Wildman–Crippen MR) is 53.8 cm³/mol. The van der Waals surface area contributed by atoms with E-state index in [1.165, 1.54) is 18.8 Å². The first-order valence-electron chi connectivity index (χ1n) is 2.53. The number of hydrogen-bond acceptors (Lipinski definition) is 2. The first-order chi connectivity index (χ1) is 3.72. The maximum Gasteiger partial charge on any atom is 0.220 e. The van der Waals surface area contributed by atoms with Crippen LogP contribution in [0.4, 0.5) is 0 Å². The van der Waals surface area contributed by atoms with E-state index in [1.807, 2.05) is 13.2 Å². The lowest BCUT2D eigenvalue weighted by atomic mass is 10.5. The van der Waals surface area contributed by atoms with Crippen molar-refractivity contribution in [3.63, 3.8) is 0 Å². The van der Waals surface area contributed by atoms with Crippen LogP contribution in [0.15, 0.2) is 0 Å². The molecule has 0 bridgehead atoms. The fourth-order valence-corrected chi connectivity index (χ4v) is 1.04. The van der Waals surface area contributed by atoms with Crippen LogP contribution >= 0.6 is 35.7 Å². The molecule has 0 aliphatic carbocycles. The third-order valence-electron chi connectivity index (χ3n) is 0.889. The molecule has 0 fully saturated rings. The van der Waals surface area contributed by atoms with E-state index in [0.29, 0.717) is 0 Å². The van der Waals surface area contributed by atoms with Crippen LogP contribution in [0.1, 0.15) is 13.3 Å². The topological polar surface area (TPSA) is 26.1 Å². The molecule has 0 aromatic rings. The Balaban J connectivity index is 0. The van der Waals surface area contributed by atoms with Gasteiger partial charge in [-0.25, -0.2) is 4.74 Å². The van der Waals surface area contributed by atoms with Crippen LogP contribution in [0, 0.1) is 5.21 Å². The quantitative estimate of drug-likeness (QED) is 0.180. The zero-order valence-electron chi connectivity index (χ0n) is 5.88. The summed E-state index contributed by atoms with van der Waals surface area (Å²) in [4.78, 5) is 0. The summed E-state index contributed by atoms with van der Waals surface area (Å²) in [5.74, 6) is 0. The molecule has 0 amide bonds. The molecule has 0 atom stereocenters. The lowest BCUT2D eigenvalue weighted by Gasteiger charge is -1.99. The molecule has 0 aromatic heterocycles. The summed E-state index contributed by atoms with van der Waals surface area (Å²) in [5, 5.41) is 11.3. The summed E-state index contributed by atoms with van der Waals surface area (Å²) in [7, 11) is 1.52. The van der Waals surface area contributed by atoms with E-state index in [4.69, 9.17) is 0 Å². The number of hydrogen-bond donors (Lipinski definition) is 0. The van der Waals surface area contributed by atoms with Gasteiger partial charge in [0.05, 0.1) is 0 Å². The first-order valence-corrected chi connectivity index (χ1v) is 3.75. The molecule has 0 unspecified atom stereocenters. The van der Waals surface area contributed by atoms with Crippen LogP contribution in [-0.4, -0.2) is 23.1 Å². The summed E-state index contributed by atoms with van der Waals surface area (Å²) >= 11 is 1.51. The maximum absolute atomic E-state index is 10.5. The van der Waals surface area contributed by atoms with E-state index in [2.05, 4.69) is 0 Å². The highest BCUT2D eigenvalue weighted by Crippen LogP contribution is 1.99. The van der Waals surface area contributed by atoms with Gasteiger partial charge in [0.1, 0.15) is 7.05 Å². The average molecular weight is 261 g/mol. The van der Waals surface area contributed by atoms with Crippen molar-refractivity contribution >= 4 is 40.8 Å². The standard InChI is InChI=1S/C5H11NOS.HI/c1-4-5(8-3)6(2)7;/h4H2,1-3H3;1H/b6-5-;. The minimum absolute atomic E-state index is 0. The molecule has 0 aliphatic heterocycles. The lowest BCUT2D eigenvalue weighted by molar-refractivity contribution is -0.420. The highest BCUT2D eigenvalue weighted by atomic mass is 127. The number of rotatable bonds is 1. The molecule has 0 heterocycles. The van der Waals surface area contributed by atoms with Crippen LogP contribution < -0.4 is 0 Å². The molecular formula is C5H12INOS. The Kier molecular flexibility index (Phi) is 9.07. The van der Waals surface area contributed by atoms with Crippen LogP contribution in [0.25, 0.3) is 0 Å². The molecule has 9 heavy (non-hydrogen) atoms. The van der Waals surface area contributed by atoms with Gasteiger partial charge in [-0.2, -0.15) is 0 Å². The van der Waals surface area contributed by atoms with Crippen molar-refractivity contribution in [1.82, 2.24) is 0 Å². The number of halogens is 1. The van der Waals surface area contributed by atoms with E-state index in [0.717, 1.165) is 16.2 Å². The fraction of sp³-hybridized carbons (Fsp3) is 0.800. The molecule has 0 rings (SSSR count). The van der Waals surface area contributed by atoms with Crippen LogP contribution in [0.5, 0.6) is 0 Å². The zero-order valence-corrected chi connectivity index (χ0v) is 9.03.